The second kappa shape index (κ2) is 4.67. The molecule has 0 fully saturated rings. The number of hydrogen-bond acceptors (Lipinski definition) is 3. The zero-order valence-electron chi connectivity index (χ0n) is 8.27. The molecule has 1 aromatic carbocycles. The van der Waals surface area contributed by atoms with E-state index in [9.17, 15) is 4.39 Å². The van der Waals surface area contributed by atoms with E-state index < -0.39 is 6.04 Å². The normalized spacial score (nSPS) is 12.4. The van der Waals surface area contributed by atoms with Crippen molar-refractivity contribution in [1.29, 1.82) is 0 Å². The summed E-state index contributed by atoms with van der Waals surface area (Å²) in [6.45, 7) is 0. The van der Waals surface area contributed by atoms with Gasteiger partial charge in [0.25, 0.3) is 0 Å². The molecule has 3 nitrogen and oxygen atoms in total. The molecule has 2 aromatic rings. The highest BCUT2D eigenvalue weighted by molar-refractivity contribution is 9.10. The van der Waals surface area contributed by atoms with Crippen molar-refractivity contribution in [1.82, 2.24) is 9.97 Å². The van der Waals surface area contributed by atoms with Gasteiger partial charge in [0.2, 0.25) is 0 Å². The first kappa shape index (κ1) is 11.2. The molecular weight excluding hydrogens is 273 g/mol. The van der Waals surface area contributed by atoms with Crippen LogP contribution in [0.3, 0.4) is 0 Å². The standard InChI is InChI=1S/C11H9BrFN3/c12-8-3-1-2-7(10(8)13)11(14)9-6-15-4-5-16-9/h1-6,11H,14H2. The van der Waals surface area contributed by atoms with Crippen LogP contribution in [0.25, 0.3) is 0 Å². The smallest absolute Gasteiger partial charge is 0.142 e. The maximum atomic E-state index is 13.8. The Morgan fingerprint density at radius 2 is 2.12 bits per heavy atom. The molecule has 2 rings (SSSR count). The molecule has 0 bridgehead atoms. The lowest BCUT2D eigenvalue weighted by Crippen LogP contribution is -2.15. The van der Waals surface area contributed by atoms with Crippen LogP contribution in [0.1, 0.15) is 17.3 Å². The Morgan fingerprint density at radius 1 is 1.31 bits per heavy atom. The highest BCUT2D eigenvalue weighted by atomic mass is 79.9. The topological polar surface area (TPSA) is 51.8 Å². The number of aromatic nitrogens is 2. The lowest BCUT2D eigenvalue weighted by Gasteiger charge is -2.12. The van der Waals surface area contributed by atoms with E-state index in [-0.39, 0.29) is 5.82 Å². The van der Waals surface area contributed by atoms with Gasteiger partial charge in [0.1, 0.15) is 5.82 Å². The number of benzene rings is 1. The summed E-state index contributed by atoms with van der Waals surface area (Å²) >= 11 is 3.12. The van der Waals surface area contributed by atoms with Crippen LogP contribution in [0.5, 0.6) is 0 Å². The Labute approximate surface area is 101 Å². The molecule has 5 heteroatoms. The summed E-state index contributed by atoms with van der Waals surface area (Å²) < 4.78 is 14.2. The van der Waals surface area contributed by atoms with Crippen LogP contribution in [0, 0.1) is 5.82 Å². The second-order valence-corrected chi connectivity index (χ2v) is 4.11. The molecule has 0 aliphatic carbocycles. The summed E-state index contributed by atoms with van der Waals surface area (Å²) in [4.78, 5) is 7.96. The van der Waals surface area contributed by atoms with Gasteiger partial charge in [0.15, 0.2) is 0 Å². The number of nitrogens with two attached hydrogens (primary N) is 1. The molecule has 0 saturated heterocycles. The lowest BCUT2D eigenvalue weighted by atomic mass is 10.0. The van der Waals surface area contributed by atoms with Gasteiger partial charge in [-0.3, -0.25) is 9.97 Å². The molecule has 2 N–H and O–H groups in total. The lowest BCUT2D eigenvalue weighted by molar-refractivity contribution is 0.590. The summed E-state index contributed by atoms with van der Waals surface area (Å²) in [6.07, 6.45) is 4.61. The van der Waals surface area contributed by atoms with E-state index in [4.69, 9.17) is 5.73 Å². The molecule has 1 unspecified atom stereocenters. The molecule has 0 amide bonds. The first-order chi connectivity index (χ1) is 7.70. The van der Waals surface area contributed by atoms with E-state index in [1.807, 2.05) is 0 Å². The number of rotatable bonds is 2. The van der Waals surface area contributed by atoms with Crippen molar-refractivity contribution in [2.45, 2.75) is 6.04 Å². The highest BCUT2D eigenvalue weighted by Gasteiger charge is 2.16. The molecule has 16 heavy (non-hydrogen) atoms. The first-order valence-electron chi connectivity index (χ1n) is 4.65. The van der Waals surface area contributed by atoms with Gasteiger partial charge < -0.3 is 5.73 Å². The van der Waals surface area contributed by atoms with Crippen molar-refractivity contribution < 1.29 is 4.39 Å². The minimum atomic E-state index is -0.605. The SMILES string of the molecule is NC(c1cnccn1)c1cccc(Br)c1F. The van der Waals surface area contributed by atoms with Crippen molar-refractivity contribution in [3.63, 3.8) is 0 Å². The zero-order valence-corrected chi connectivity index (χ0v) is 9.86. The van der Waals surface area contributed by atoms with E-state index in [1.54, 1.807) is 24.4 Å². The molecule has 0 aliphatic heterocycles. The van der Waals surface area contributed by atoms with Gasteiger partial charge in [-0.15, -0.1) is 0 Å². The van der Waals surface area contributed by atoms with Crippen molar-refractivity contribution in [2.75, 3.05) is 0 Å². The predicted octanol–water partition coefficient (Wildman–Crippen LogP) is 2.43. The average molecular weight is 282 g/mol. The quantitative estimate of drug-likeness (QED) is 0.920. The number of hydrogen-bond donors (Lipinski definition) is 1. The molecular formula is C11H9BrFN3. The Balaban J connectivity index is 2.42. The largest absolute Gasteiger partial charge is 0.319 e. The summed E-state index contributed by atoms with van der Waals surface area (Å²) in [5, 5.41) is 0. The fraction of sp³-hybridized carbons (Fsp3) is 0.0909. The second-order valence-electron chi connectivity index (χ2n) is 3.25. The maximum Gasteiger partial charge on any atom is 0.142 e. The Bertz CT molecular complexity index is 490. The Kier molecular flexibility index (Phi) is 3.26. The van der Waals surface area contributed by atoms with Crippen LogP contribution in [0.4, 0.5) is 4.39 Å². The van der Waals surface area contributed by atoms with Crippen LogP contribution < -0.4 is 5.73 Å². The van der Waals surface area contributed by atoms with Crippen molar-refractivity contribution in [3.8, 4) is 0 Å². The summed E-state index contributed by atoms with van der Waals surface area (Å²) in [6, 6.07) is 4.40. The van der Waals surface area contributed by atoms with Gasteiger partial charge in [-0.2, -0.15) is 0 Å². The zero-order chi connectivity index (χ0) is 11.5. The third-order valence-electron chi connectivity index (χ3n) is 2.22. The summed E-state index contributed by atoms with van der Waals surface area (Å²) in [5.74, 6) is -0.361. The highest BCUT2D eigenvalue weighted by Crippen LogP contribution is 2.25. The Morgan fingerprint density at radius 3 is 2.81 bits per heavy atom. The van der Waals surface area contributed by atoms with Crippen molar-refractivity contribution >= 4 is 15.9 Å². The van der Waals surface area contributed by atoms with E-state index >= 15 is 0 Å². The van der Waals surface area contributed by atoms with E-state index in [2.05, 4.69) is 25.9 Å². The van der Waals surface area contributed by atoms with Gasteiger partial charge in [0.05, 0.1) is 22.4 Å². The van der Waals surface area contributed by atoms with E-state index in [0.717, 1.165) is 0 Å². The molecule has 1 aromatic heterocycles. The monoisotopic (exact) mass is 281 g/mol. The number of halogens is 2. The minimum Gasteiger partial charge on any atom is -0.319 e. The molecule has 0 saturated carbocycles. The van der Waals surface area contributed by atoms with Gasteiger partial charge in [0, 0.05) is 18.0 Å². The molecule has 82 valence electrons. The van der Waals surface area contributed by atoms with E-state index in [1.165, 1.54) is 12.4 Å². The predicted molar refractivity (Wildman–Crippen MR) is 62.2 cm³/mol. The van der Waals surface area contributed by atoms with Gasteiger partial charge in [-0.25, -0.2) is 4.39 Å². The van der Waals surface area contributed by atoms with Gasteiger partial charge in [-0.1, -0.05) is 12.1 Å². The van der Waals surface area contributed by atoms with Gasteiger partial charge in [-0.05, 0) is 22.0 Å². The van der Waals surface area contributed by atoms with Crippen molar-refractivity contribution in [2.24, 2.45) is 5.73 Å². The van der Waals surface area contributed by atoms with Gasteiger partial charge >= 0.3 is 0 Å². The van der Waals surface area contributed by atoms with Crippen LogP contribution in [0.2, 0.25) is 0 Å². The van der Waals surface area contributed by atoms with Crippen LogP contribution in [-0.4, -0.2) is 9.97 Å². The van der Waals surface area contributed by atoms with Crippen LogP contribution in [-0.2, 0) is 0 Å². The molecule has 0 aliphatic rings. The fourth-order valence-electron chi connectivity index (χ4n) is 1.39. The minimum absolute atomic E-state index is 0.361. The fourth-order valence-corrected chi connectivity index (χ4v) is 1.77. The maximum absolute atomic E-state index is 13.8. The molecule has 0 radical (unpaired) electrons. The summed E-state index contributed by atoms with van der Waals surface area (Å²) in [7, 11) is 0. The average Bonchev–Trinajstić information content (AvgIpc) is 2.33. The molecule has 0 spiro atoms. The number of nitrogens with zero attached hydrogens (tertiary/aromatic N) is 2. The van der Waals surface area contributed by atoms with Crippen molar-refractivity contribution in [3.05, 3.63) is 58.3 Å². The van der Waals surface area contributed by atoms with Crippen LogP contribution >= 0.6 is 15.9 Å². The third kappa shape index (κ3) is 2.10. The first-order valence-corrected chi connectivity index (χ1v) is 5.45. The Hall–Kier alpha value is -1.33. The molecule has 1 heterocycles. The van der Waals surface area contributed by atoms with E-state index in [0.29, 0.717) is 15.7 Å². The molecule has 1 atom stereocenters. The summed E-state index contributed by atoms with van der Waals surface area (Å²) in [5.41, 5.74) is 6.86. The van der Waals surface area contributed by atoms with Crippen LogP contribution in [0.15, 0.2) is 41.3 Å². The third-order valence-corrected chi connectivity index (χ3v) is 2.83.